The van der Waals surface area contributed by atoms with Crippen LogP contribution < -0.4 is 10.9 Å². The number of fused-ring (bicyclic) bond motifs is 1. The van der Waals surface area contributed by atoms with E-state index in [1.54, 1.807) is 29.0 Å². The molecular formula is C20H17N3O3S2. The van der Waals surface area contributed by atoms with E-state index in [4.69, 9.17) is 4.42 Å². The summed E-state index contributed by atoms with van der Waals surface area (Å²) in [6.07, 6.45) is 1.57. The monoisotopic (exact) mass is 411 g/mol. The van der Waals surface area contributed by atoms with Crippen molar-refractivity contribution in [3.05, 3.63) is 75.8 Å². The Balaban J connectivity index is 1.62. The second-order valence-electron chi connectivity index (χ2n) is 6.11. The van der Waals surface area contributed by atoms with Gasteiger partial charge >= 0.3 is 0 Å². The van der Waals surface area contributed by atoms with Gasteiger partial charge < -0.3 is 9.73 Å². The Kier molecular flexibility index (Phi) is 5.31. The molecule has 1 amide bonds. The predicted octanol–water partition coefficient (Wildman–Crippen LogP) is 3.76. The van der Waals surface area contributed by atoms with E-state index in [1.165, 1.54) is 23.1 Å². The van der Waals surface area contributed by atoms with E-state index < -0.39 is 0 Å². The molecule has 4 rings (SSSR count). The van der Waals surface area contributed by atoms with Gasteiger partial charge in [0.2, 0.25) is 5.91 Å². The van der Waals surface area contributed by atoms with E-state index in [1.807, 2.05) is 36.6 Å². The van der Waals surface area contributed by atoms with Crippen molar-refractivity contribution in [3.63, 3.8) is 0 Å². The highest BCUT2D eigenvalue weighted by Gasteiger charge is 2.16. The Bertz CT molecular complexity index is 1180. The molecule has 0 atom stereocenters. The number of nitrogens with one attached hydrogen (secondary N) is 1. The molecule has 1 N–H and O–H groups in total. The molecule has 0 unspecified atom stereocenters. The quantitative estimate of drug-likeness (QED) is 0.386. The molecule has 0 spiro atoms. The summed E-state index contributed by atoms with van der Waals surface area (Å²) in [4.78, 5) is 30.6. The molecule has 142 valence electrons. The minimum atomic E-state index is -0.154. The number of carbonyl (C=O) groups excluding carboxylic acids is 1. The minimum absolute atomic E-state index is 0.126. The highest BCUT2D eigenvalue weighted by Crippen LogP contribution is 2.25. The highest BCUT2D eigenvalue weighted by atomic mass is 32.2. The average molecular weight is 412 g/mol. The predicted molar refractivity (Wildman–Crippen MR) is 111 cm³/mol. The van der Waals surface area contributed by atoms with Gasteiger partial charge in [-0.05, 0) is 42.1 Å². The standard InChI is InChI=1S/C20H17N3O3S2/c1-13-5-2-3-7-16(13)23-19(25)15-8-10-27-18(15)22-20(23)28-12-17(24)21-11-14-6-4-9-26-14/h2-10H,11-12H2,1H3,(H,21,24). The molecular weight excluding hydrogens is 394 g/mol. The number of para-hydroxylation sites is 1. The van der Waals surface area contributed by atoms with Gasteiger partial charge in [0.1, 0.15) is 10.6 Å². The molecule has 0 fully saturated rings. The number of amides is 1. The van der Waals surface area contributed by atoms with Gasteiger partial charge in [-0.25, -0.2) is 4.98 Å². The van der Waals surface area contributed by atoms with Crippen molar-refractivity contribution < 1.29 is 9.21 Å². The van der Waals surface area contributed by atoms with Gasteiger partial charge in [-0.2, -0.15) is 0 Å². The highest BCUT2D eigenvalue weighted by molar-refractivity contribution is 7.99. The summed E-state index contributed by atoms with van der Waals surface area (Å²) < 4.78 is 6.81. The molecule has 0 aliphatic carbocycles. The van der Waals surface area contributed by atoms with Gasteiger partial charge in [-0.15, -0.1) is 11.3 Å². The van der Waals surface area contributed by atoms with Gasteiger partial charge in [-0.3, -0.25) is 14.2 Å². The first-order chi connectivity index (χ1) is 13.6. The molecule has 4 aromatic rings. The molecule has 3 heterocycles. The second-order valence-corrected chi connectivity index (χ2v) is 7.94. The molecule has 0 radical (unpaired) electrons. The summed E-state index contributed by atoms with van der Waals surface area (Å²) >= 11 is 2.66. The summed E-state index contributed by atoms with van der Waals surface area (Å²) in [6, 6.07) is 13.0. The van der Waals surface area contributed by atoms with Crippen LogP contribution in [0.3, 0.4) is 0 Å². The van der Waals surface area contributed by atoms with Crippen molar-refractivity contribution in [2.75, 3.05) is 5.75 Å². The molecule has 28 heavy (non-hydrogen) atoms. The summed E-state index contributed by atoms with van der Waals surface area (Å²) in [5, 5.41) is 5.75. The van der Waals surface area contributed by atoms with Gasteiger partial charge in [0.05, 0.1) is 29.6 Å². The Hall–Kier alpha value is -2.84. The zero-order valence-corrected chi connectivity index (χ0v) is 16.7. The lowest BCUT2D eigenvalue weighted by Crippen LogP contribution is -2.26. The third-order valence-electron chi connectivity index (χ3n) is 4.20. The number of hydrogen-bond donors (Lipinski definition) is 1. The Morgan fingerprint density at radius 2 is 2.11 bits per heavy atom. The van der Waals surface area contributed by atoms with E-state index in [0.717, 1.165) is 11.3 Å². The fourth-order valence-corrected chi connectivity index (χ4v) is 4.44. The first-order valence-electron chi connectivity index (χ1n) is 8.61. The fourth-order valence-electron chi connectivity index (χ4n) is 2.80. The number of aryl methyl sites for hydroxylation is 1. The molecule has 0 saturated carbocycles. The zero-order valence-electron chi connectivity index (χ0n) is 15.0. The van der Waals surface area contributed by atoms with E-state index >= 15 is 0 Å². The number of nitrogens with zero attached hydrogens (tertiary/aromatic N) is 2. The maximum atomic E-state index is 13.1. The Morgan fingerprint density at radius 3 is 2.89 bits per heavy atom. The van der Waals surface area contributed by atoms with Crippen LogP contribution in [0.2, 0.25) is 0 Å². The molecule has 0 aliphatic rings. The Labute approximate surface area is 169 Å². The lowest BCUT2D eigenvalue weighted by atomic mass is 10.2. The SMILES string of the molecule is Cc1ccccc1-n1c(SCC(=O)NCc2ccco2)nc2sccc2c1=O. The number of aromatic nitrogens is 2. The average Bonchev–Trinajstić information content (AvgIpc) is 3.37. The number of rotatable bonds is 6. The van der Waals surface area contributed by atoms with Crippen molar-refractivity contribution in [1.82, 2.24) is 14.9 Å². The van der Waals surface area contributed by atoms with Gasteiger partial charge in [0.25, 0.3) is 5.56 Å². The van der Waals surface area contributed by atoms with Crippen molar-refractivity contribution in [2.45, 2.75) is 18.6 Å². The number of benzene rings is 1. The fraction of sp³-hybridized carbons (Fsp3) is 0.150. The van der Waals surface area contributed by atoms with Crippen LogP contribution in [0, 0.1) is 6.92 Å². The normalized spacial score (nSPS) is 11.0. The van der Waals surface area contributed by atoms with Crippen molar-refractivity contribution in [3.8, 4) is 5.69 Å². The largest absolute Gasteiger partial charge is 0.467 e. The third kappa shape index (κ3) is 3.74. The maximum absolute atomic E-state index is 13.1. The van der Waals surface area contributed by atoms with Crippen LogP contribution in [0.15, 0.2) is 68.5 Å². The molecule has 0 aliphatic heterocycles. The molecule has 0 bridgehead atoms. The van der Waals surface area contributed by atoms with Crippen LogP contribution in [-0.2, 0) is 11.3 Å². The van der Waals surface area contributed by atoms with Crippen LogP contribution in [0.5, 0.6) is 0 Å². The third-order valence-corrected chi connectivity index (χ3v) is 5.94. The van der Waals surface area contributed by atoms with E-state index in [-0.39, 0.29) is 17.2 Å². The van der Waals surface area contributed by atoms with Gasteiger partial charge in [-0.1, -0.05) is 30.0 Å². The van der Waals surface area contributed by atoms with Crippen LogP contribution in [0.1, 0.15) is 11.3 Å². The molecule has 8 heteroatoms. The Morgan fingerprint density at radius 1 is 1.25 bits per heavy atom. The summed E-state index contributed by atoms with van der Waals surface area (Å²) in [5.74, 6) is 0.683. The van der Waals surface area contributed by atoms with Crippen LogP contribution in [0.4, 0.5) is 0 Å². The molecule has 1 aromatic carbocycles. The maximum Gasteiger partial charge on any atom is 0.267 e. The lowest BCUT2D eigenvalue weighted by molar-refractivity contribution is -0.118. The van der Waals surface area contributed by atoms with E-state index in [0.29, 0.717) is 27.7 Å². The topological polar surface area (TPSA) is 77.1 Å². The van der Waals surface area contributed by atoms with Gasteiger partial charge in [0.15, 0.2) is 5.16 Å². The second kappa shape index (κ2) is 8.04. The van der Waals surface area contributed by atoms with Crippen LogP contribution in [-0.4, -0.2) is 21.2 Å². The number of hydrogen-bond acceptors (Lipinski definition) is 6. The van der Waals surface area contributed by atoms with Gasteiger partial charge in [0, 0.05) is 0 Å². The van der Waals surface area contributed by atoms with Crippen molar-refractivity contribution in [2.24, 2.45) is 0 Å². The smallest absolute Gasteiger partial charge is 0.267 e. The van der Waals surface area contributed by atoms with Crippen LogP contribution in [0.25, 0.3) is 15.9 Å². The number of thiophene rings is 1. The number of carbonyl (C=O) groups is 1. The van der Waals surface area contributed by atoms with E-state index in [9.17, 15) is 9.59 Å². The first kappa shape index (κ1) is 18.5. The summed E-state index contributed by atoms with van der Waals surface area (Å²) in [6.45, 7) is 2.28. The lowest BCUT2D eigenvalue weighted by Gasteiger charge is -2.14. The van der Waals surface area contributed by atoms with E-state index in [2.05, 4.69) is 10.3 Å². The number of thioether (sulfide) groups is 1. The first-order valence-corrected chi connectivity index (χ1v) is 10.5. The summed E-state index contributed by atoms with van der Waals surface area (Å²) in [7, 11) is 0. The zero-order chi connectivity index (χ0) is 19.5. The van der Waals surface area contributed by atoms with Crippen molar-refractivity contribution >= 4 is 39.2 Å². The summed E-state index contributed by atoms with van der Waals surface area (Å²) in [5.41, 5.74) is 1.61. The van der Waals surface area contributed by atoms with Crippen molar-refractivity contribution in [1.29, 1.82) is 0 Å². The minimum Gasteiger partial charge on any atom is -0.467 e. The van der Waals surface area contributed by atoms with Crippen LogP contribution >= 0.6 is 23.1 Å². The molecule has 3 aromatic heterocycles. The number of furan rings is 1. The molecule has 0 saturated heterocycles. The molecule has 6 nitrogen and oxygen atoms in total.